The summed E-state index contributed by atoms with van der Waals surface area (Å²) in [6.45, 7) is 1.89. The third-order valence-electron chi connectivity index (χ3n) is 2.46. The summed E-state index contributed by atoms with van der Waals surface area (Å²) in [6, 6.07) is 10.4. The monoisotopic (exact) mass is 247 g/mol. The maximum Gasteiger partial charge on any atom is 0.261 e. The molecule has 0 aliphatic rings. The van der Waals surface area contributed by atoms with Gasteiger partial charge in [0.1, 0.15) is 5.75 Å². The van der Waals surface area contributed by atoms with Crippen LogP contribution in [0.25, 0.3) is 0 Å². The number of phenols is 1. The van der Waals surface area contributed by atoms with Crippen LogP contribution in [0.4, 0.5) is 0 Å². The molecule has 1 amide bonds. The van der Waals surface area contributed by atoms with Gasteiger partial charge in [0.2, 0.25) is 0 Å². The van der Waals surface area contributed by atoms with Gasteiger partial charge < -0.3 is 10.4 Å². The lowest BCUT2D eigenvalue weighted by molar-refractivity contribution is 0.0944. The van der Waals surface area contributed by atoms with Gasteiger partial charge in [-0.15, -0.1) is 11.3 Å². The molecule has 0 bridgehead atoms. The maximum absolute atomic E-state index is 11.8. The number of amides is 1. The van der Waals surface area contributed by atoms with Crippen molar-refractivity contribution in [2.24, 2.45) is 0 Å². The van der Waals surface area contributed by atoms with E-state index in [1.54, 1.807) is 24.3 Å². The first kappa shape index (κ1) is 11.7. The average molecular weight is 247 g/mol. The second-order valence-corrected chi connectivity index (χ2v) is 4.72. The van der Waals surface area contributed by atoms with Gasteiger partial charge in [0.25, 0.3) is 5.91 Å². The van der Waals surface area contributed by atoms with Crippen LogP contribution in [-0.4, -0.2) is 11.0 Å². The fourth-order valence-electron chi connectivity index (χ4n) is 1.55. The number of hydrogen-bond acceptors (Lipinski definition) is 3. The fourth-order valence-corrected chi connectivity index (χ4v) is 2.18. The molecule has 88 valence electrons. The quantitative estimate of drug-likeness (QED) is 0.876. The number of phenolic OH excluding ortho intramolecular Hbond substituents is 1. The highest BCUT2D eigenvalue weighted by molar-refractivity contribution is 7.12. The van der Waals surface area contributed by atoms with Crippen molar-refractivity contribution < 1.29 is 9.90 Å². The number of rotatable bonds is 3. The third-order valence-corrected chi connectivity index (χ3v) is 3.33. The van der Waals surface area contributed by atoms with Crippen LogP contribution in [0, 0.1) is 0 Å². The summed E-state index contributed by atoms with van der Waals surface area (Å²) in [5.74, 6) is 0.121. The molecule has 0 saturated heterocycles. The predicted molar refractivity (Wildman–Crippen MR) is 68.3 cm³/mol. The Bertz CT molecular complexity index is 508. The largest absolute Gasteiger partial charge is 0.508 e. The lowest BCUT2D eigenvalue weighted by atomic mass is 10.1. The molecule has 3 nitrogen and oxygen atoms in total. The number of aromatic hydroxyl groups is 1. The molecule has 0 fully saturated rings. The van der Waals surface area contributed by atoms with E-state index in [-0.39, 0.29) is 17.7 Å². The van der Waals surface area contributed by atoms with Crippen LogP contribution in [0.15, 0.2) is 41.8 Å². The Hall–Kier alpha value is -1.81. The van der Waals surface area contributed by atoms with Crippen LogP contribution < -0.4 is 5.32 Å². The van der Waals surface area contributed by atoms with Gasteiger partial charge in [-0.05, 0) is 36.1 Å². The van der Waals surface area contributed by atoms with Crippen LogP contribution in [-0.2, 0) is 0 Å². The summed E-state index contributed by atoms with van der Waals surface area (Å²) in [5, 5.41) is 14.1. The van der Waals surface area contributed by atoms with E-state index >= 15 is 0 Å². The average Bonchev–Trinajstić information content (AvgIpc) is 2.82. The molecule has 17 heavy (non-hydrogen) atoms. The number of carbonyl (C=O) groups is 1. The highest BCUT2D eigenvalue weighted by atomic mass is 32.1. The van der Waals surface area contributed by atoms with Crippen molar-refractivity contribution in [3.05, 3.63) is 52.2 Å². The molecule has 0 saturated carbocycles. The van der Waals surface area contributed by atoms with Gasteiger partial charge in [-0.3, -0.25) is 4.79 Å². The summed E-state index contributed by atoms with van der Waals surface area (Å²) in [5.41, 5.74) is 0.884. The first-order chi connectivity index (χ1) is 8.16. The van der Waals surface area contributed by atoms with Crippen LogP contribution in [0.1, 0.15) is 28.2 Å². The molecule has 2 N–H and O–H groups in total. The Labute approximate surface area is 104 Å². The van der Waals surface area contributed by atoms with Crippen molar-refractivity contribution in [3.8, 4) is 5.75 Å². The van der Waals surface area contributed by atoms with E-state index in [1.165, 1.54) is 11.3 Å². The summed E-state index contributed by atoms with van der Waals surface area (Å²) in [7, 11) is 0. The Morgan fingerprint density at radius 2 is 2.18 bits per heavy atom. The molecule has 0 aliphatic heterocycles. The van der Waals surface area contributed by atoms with Gasteiger partial charge in [0.05, 0.1) is 10.9 Å². The van der Waals surface area contributed by atoms with Crippen molar-refractivity contribution in [2.45, 2.75) is 13.0 Å². The molecule has 0 spiro atoms. The van der Waals surface area contributed by atoms with Gasteiger partial charge in [-0.1, -0.05) is 18.2 Å². The van der Waals surface area contributed by atoms with Crippen molar-refractivity contribution in [3.63, 3.8) is 0 Å². The van der Waals surface area contributed by atoms with Gasteiger partial charge in [0.15, 0.2) is 0 Å². The Morgan fingerprint density at radius 3 is 2.82 bits per heavy atom. The van der Waals surface area contributed by atoms with Gasteiger partial charge in [-0.25, -0.2) is 0 Å². The van der Waals surface area contributed by atoms with E-state index in [9.17, 15) is 9.90 Å². The molecule has 4 heteroatoms. The molecule has 1 heterocycles. The SMILES string of the molecule is CC(NC(=O)c1cccs1)c1cccc(O)c1. The lowest BCUT2D eigenvalue weighted by Gasteiger charge is -2.13. The van der Waals surface area contributed by atoms with E-state index in [1.807, 2.05) is 24.4 Å². The standard InChI is InChI=1S/C13H13NO2S/c1-9(10-4-2-5-11(15)8-10)14-13(16)12-6-3-7-17-12/h2-9,15H,1H3,(H,14,16). The van der Waals surface area contributed by atoms with Crippen LogP contribution in [0.5, 0.6) is 5.75 Å². The number of thiophene rings is 1. The zero-order valence-corrected chi connectivity index (χ0v) is 10.2. The van der Waals surface area contributed by atoms with E-state index in [0.29, 0.717) is 4.88 Å². The molecular formula is C13H13NO2S. The van der Waals surface area contributed by atoms with Crippen LogP contribution >= 0.6 is 11.3 Å². The summed E-state index contributed by atoms with van der Waals surface area (Å²) in [6.07, 6.45) is 0. The minimum absolute atomic E-state index is 0.0872. The molecular weight excluding hydrogens is 234 g/mol. The van der Waals surface area contributed by atoms with Gasteiger partial charge >= 0.3 is 0 Å². The van der Waals surface area contributed by atoms with E-state index in [0.717, 1.165) is 5.56 Å². The highest BCUT2D eigenvalue weighted by Gasteiger charge is 2.12. The molecule has 2 aromatic rings. The van der Waals surface area contributed by atoms with E-state index in [4.69, 9.17) is 0 Å². The zero-order chi connectivity index (χ0) is 12.3. The lowest BCUT2D eigenvalue weighted by Crippen LogP contribution is -2.25. The molecule has 1 aromatic heterocycles. The fraction of sp³-hybridized carbons (Fsp3) is 0.154. The summed E-state index contributed by atoms with van der Waals surface area (Å²) >= 11 is 1.41. The molecule has 1 atom stereocenters. The Kier molecular flexibility index (Phi) is 3.44. The topological polar surface area (TPSA) is 49.3 Å². The number of nitrogens with one attached hydrogen (secondary N) is 1. The van der Waals surface area contributed by atoms with Gasteiger partial charge in [0, 0.05) is 0 Å². The predicted octanol–water partition coefficient (Wildman–Crippen LogP) is 2.94. The van der Waals surface area contributed by atoms with Crippen molar-refractivity contribution in [1.29, 1.82) is 0 Å². The van der Waals surface area contributed by atoms with Crippen LogP contribution in [0.2, 0.25) is 0 Å². The minimum Gasteiger partial charge on any atom is -0.508 e. The Morgan fingerprint density at radius 1 is 1.35 bits per heavy atom. The molecule has 1 unspecified atom stereocenters. The molecule has 0 aliphatic carbocycles. The summed E-state index contributed by atoms with van der Waals surface area (Å²) in [4.78, 5) is 12.5. The van der Waals surface area contributed by atoms with E-state index in [2.05, 4.69) is 5.32 Å². The molecule has 0 radical (unpaired) electrons. The second kappa shape index (κ2) is 5.01. The van der Waals surface area contributed by atoms with Crippen molar-refractivity contribution in [2.75, 3.05) is 0 Å². The van der Waals surface area contributed by atoms with Gasteiger partial charge in [-0.2, -0.15) is 0 Å². The number of benzene rings is 1. The minimum atomic E-state index is -0.128. The maximum atomic E-state index is 11.8. The summed E-state index contributed by atoms with van der Waals surface area (Å²) < 4.78 is 0. The van der Waals surface area contributed by atoms with Crippen molar-refractivity contribution in [1.82, 2.24) is 5.32 Å². The molecule has 1 aromatic carbocycles. The highest BCUT2D eigenvalue weighted by Crippen LogP contribution is 2.18. The third kappa shape index (κ3) is 2.85. The van der Waals surface area contributed by atoms with Crippen LogP contribution in [0.3, 0.4) is 0 Å². The number of hydrogen-bond donors (Lipinski definition) is 2. The normalized spacial score (nSPS) is 12.1. The zero-order valence-electron chi connectivity index (χ0n) is 9.38. The molecule has 2 rings (SSSR count). The smallest absolute Gasteiger partial charge is 0.261 e. The first-order valence-electron chi connectivity index (χ1n) is 5.30. The Balaban J connectivity index is 2.07. The number of carbonyl (C=O) groups excluding carboxylic acids is 1. The first-order valence-corrected chi connectivity index (χ1v) is 6.18. The van der Waals surface area contributed by atoms with E-state index < -0.39 is 0 Å². The van der Waals surface area contributed by atoms with Crippen molar-refractivity contribution >= 4 is 17.2 Å². The second-order valence-electron chi connectivity index (χ2n) is 3.77.